The van der Waals surface area contributed by atoms with E-state index in [9.17, 15) is 9.59 Å². The van der Waals surface area contributed by atoms with Crippen molar-refractivity contribution in [2.24, 2.45) is 0 Å². The third-order valence-electron chi connectivity index (χ3n) is 2.68. The van der Waals surface area contributed by atoms with Crippen LogP contribution in [0.3, 0.4) is 0 Å². The summed E-state index contributed by atoms with van der Waals surface area (Å²) in [7, 11) is 1.46. The van der Waals surface area contributed by atoms with Crippen LogP contribution in [0.25, 0.3) is 0 Å². The first-order valence-corrected chi connectivity index (χ1v) is 5.72. The number of carbonyl (C=O) groups is 2. The predicted molar refractivity (Wildman–Crippen MR) is 65.9 cm³/mol. The number of likely N-dealkylation sites (N-methyl/N-ethyl adjacent to an activating group) is 1. The van der Waals surface area contributed by atoms with E-state index in [1.54, 1.807) is 0 Å². The van der Waals surface area contributed by atoms with Gasteiger partial charge in [-0.05, 0) is 6.42 Å². The minimum absolute atomic E-state index is 0.0256. The molecule has 2 rings (SSSR count). The average Bonchev–Trinajstić information content (AvgIpc) is 2.29. The van der Waals surface area contributed by atoms with Gasteiger partial charge < -0.3 is 11.1 Å². The lowest BCUT2D eigenvalue weighted by atomic mass is 10.0. The fourth-order valence-corrected chi connectivity index (χ4v) is 1.93. The number of rotatable bonds is 2. The zero-order valence-corrected chi connectivity index (χ0v) is 10.4. The lowest BCUT2D eigenvalue weighted by molar-refractivity contribution is -0.146. The zero-order chi connectivity index (χ0) is 13.3. The standard InChI is InChI=1S/C10H12ClN5O2/c1-16-8(17)3-2-5(9(16)18)13-7-4-6(11)14-10(12)15-7/h4-5H,2-3H2,1H3,(H3,12,13,14,15). The summed E-state index contributed by atoms with van der Waals surface area (Å²) in [6, 6.07) is 0.972. The Balaban J connectivity index is 2.14. The summed E-state index contributed by atoms with van der Waals surface area (Å²) in [5.74, 6) is -0.0795. The molecule has 1 unspecified atom stereocenters. The number of carbonyl (C=O) groups excluding carboxylic acids is 2. The van der Waals surface area contributed by atoms with Crippen molar-refractivity contribution in [1.29, 1.82) is 0 Å². The maximum Gasteiger partial charge on any atom is 0.251 e. The molecular weight excluding hydrogens is 258 g/mol. The van der Waals surface area contributed by atoms with Crippen molar-refractivity contribution < 1.29 is 9.59 Å². The number of hydrogen-bond acceptors (Lipinski definition) is 6. The molecule has 2 heterocycles. The molecule has 96 valence electrons. The van der Waals surface area contributed by atoms with Crippen molar-refractivity contribution in [3.8, 4) is 0 Å². The Morgan fingerprint density at radius 3 is 2.89 bits per heavy atom. The molecule has 1 aromatic heterocycles. The Kier molecular flexibility index (Phi) is 3.33. The van der Waals surface area contributed by atoms with E-state index in [-0.39, 0.29) is 22.9 Å². The van der Waals surface area contributed by atoms with Gasteiger partial charge in [-0.15, -0.1) is 0 Å². The number of halogens is 1. The minimum Gasteiger partial charge on any atom is -0.368 e. The van der Waals surface area contributed by atoms with Crippen LogP contribution in [0.2, 0.25) is 5.15 Å². The number of piperidine rings is 1. The molecule has 0 saturated carbocycles. The third-order valence-corrected chi connectivity index (χ3v) is 2.88. The van der Waals surface area contributed by atoms with E-state index in [2.05, 4.69) is 15.3 Å². The van der Waals surface area contributed by atoms with Crippen LogP contribution in [0.5, 0.6) is 0 Å². The molecule has 8 heteroatoms. The van der Waals surface area contributed by atoms with Gasteiger partial charge in [0.1, 0.15) is 17.0 Å². The number of imide groups is 1. The number of nitrogen functional groups attached to an aromatic ring is 1. The minimum atomic E-state index is -0.502. The SMILES string of the molecule is CN1C(=O)CCC(Nc2cc(Cl)nc(N)n2)C1=O. The van der Waals surface area contributed by atoms with Gasteiger partial charge in [0.2, 0.25) is 11.9 Å². The van der Waals surface area contributed by atoms with Crippen LogP contribution >= 0.6 is 11.6 Å². The Hall–Kier alpha value is -1.89. The highest BCUT2D eigenvalue weighted by molar-refractivity contribution is 6.29. The molecular formula is C10H12ClN5O2. The third kappa shape index (κ3) is 2.51. The molecule has 0 radical (unpaired) electrons. The molecule has 1 aliphatic rings. The number of nitrogens with two attached hydrogens (primary N) is 1. The fraction of sp³-hybridized carbons (Fsp3) is 0.400. The van der Waals surface area contributed by atoms with E-state index in [0.29, 0.717) is 18.7 Å². The molecule has 1 aromatic rings. The lowest BCUT2D eigenvalue weighted by Crippen LogP contribution is -2.48. The Labute approximate surface area is 108 Å². The average molecular weight is 270 g/mol. The van der Waals surface area contributed by atoms with Gasteiger partial charge in [-0.1, -0.05) is 11.6 Å². The van der Waals surface area contributed by atoms with E-state index in [0.717, 1.165) is 4.90 Å². The van der Waals surface area contributed by atoms with Crippen LogP contribution in [0.15, 0.2) is 6.07 Å². The normalized spacial score (nSPS) is 20.1. The number of aromatic nitrogens is 2. The largest absolute Gasteiger partial charge is 0.368 e. The molecule has 1 saturated heterocycles. The first-order chi connectivity index (χ1) is 8.47. The summed E-state index contributed by atoms with van der Waals surface area (Å²) in [6.45, 7) is 0. The van der Waals surface area contributed by atoms with Crippen molar-refractivity contribution in [3.05, 3.63) is 11.2 Å². The van der Waals surface area contributed by atoms with Crippen molar-refractivity contribution >= 4 is 35.2 Å². The van der Waals surface area contributed by atoms with Crippen molar-refractivity contribution in [2.45, 2.75) is 18.9 Å². The molecule has 0 aromatic carbocycles. The van der Waals surface area contributed by atoms with Gasteiger partial charge in [0, 0.05) is 19.5 Å². The molecule has 1 atom stereocenters. The summed E-state index contributed by atoms with van der Waals surface area (Å²) in [4.78, 5) is 31.9. The fourth-order valence-electron chi connectivity index (χ4n) is 1.74. The topological polar surface area (TPSA) is 101 Å². The molecule has 3 N–H and O–H groups in total. The monoisotopic (exact) mass is 269 g/mol. The number of nitrogens with one attached hydrogen (secondary N) is 1. The summed E-state index contributed by atoms with van der Waals surface area (Å²) in [5, 5.41) is 3.10. The maximum absolute atomic E-state index is 11.8. The van der Waals surface area contributed by atoms with Gasteiger partial charge in [-0.25, -0.2) is 4.98 Å². The molecule has 0 spiro atoms. The summed E-state index contributed by atoms with van der Waals surface area (Å²) in [6.07, 6.45) is 0.734. The molecule has 2 amide bonds. The Morgan fingerprint density at radius 2 is 2.22 bits per heavy atom. The number of nitrogens with zero attached hydrogens (tertiary/aromatic N) is 3. The molecule has 7 nitrogen and oxygen atoms in total. The van der Waals surface area contributed by atoms with E-state index in [4.69, 9.17) is 17.3 Å². The van der Waals surface area contributed by atoms with Crippen LogP contribution in [0.1, 0.15) is 12.8 Å². The first-order valence-electron chi connectivity index (χ1n) is 5.34. The van der Waals surface area contributed by atoms with Crippen LogP contribution in [-0.4, -0.2) is 39.8 Å². The molecule has 1 aliphatic heterocycles. The highest BCUT2D eigenvalue weighted by Crippen LogP contribution is 2.18. The van der Waals surface area contributed by atoms with Gasteiger partial charge in [-0.3, -0.25) is 14.5 Å². The number of likely N-dealkylation sites (tertiary alicyclic amines) is 1. The summed E-state index contributed by atoms with van der Waals surface area (Å²) in [5.41, 5.74) is 5.45. The summed E-state index contributed by atoms with van der Waals surface area (Å²) < 4.78 is 0. The highest BCUT2D eigenvalue weighted by atomic mass is 35.5. The number of anilines is 2. The second-order valence-electron chi connectivity index (χ2n) is 3.96. The highest BCUT2D eigenvalue weighted by Gasteiger charge is 2.31. The Bertz CT molecular complexity index is 487. The van der Waals surface area contributed by atoms with Crippen molar-refractivity contribution in [3.63, 3.8) is 0 Å². The van der Waals surface area contributed by atoms with E-state index < -0.39 is 6.04 Å². The molecule has 0 bridgehead atoms. The van der Waals surface area contributed by atoms with E-state index in [1.165, 1.54) is 13.1 Å². The van der Waals surface area contributed by atoms with Crippen LogP contribution in [-0.2, 0) is 9.59 Å². The molecule has 18 heavy (non-hydrogen) atoms. The van der Waals surface area contributed by atoms with Gasteiger partial charge in [-0.2, -0.15) is 4.98 Å². The van der Waals surface area contributed by atoms with Crippen molar-refractivity contribution in [2.75, 3.05) is 18.1 Å². The zero-order valence-electron chi connectivity index (χ0n) is 9.68. The second-order valence-corrected chi connectivity index (χ2v) is 4.35. The quantitative estimate of drug-likeness (QED) is 0.590. The van der Waals surface area contributed by atoms with E-state index >= 15 is 0 Å². The Morgan fingerprint density at radius 1 is 1.50 bits per heavy atom. The predicted octanol–water partition coefficient (Wildman–Crippen LogP) is 0.271. The number of hydrogen-bond donors (Lipinski definition) is 2. The van der Waals surface area contributed by atoms with Gasteiger partial charge in [0.25, 0.3) is 5.91 Å². The number of amides is 2. The van der Waals surface area contributed by atoms with Crippen molar-refractivity contribution in [1.82, 2.24) is 14.9 Å². The van der Waals surface area contributed by atoms with Crippen LogP contribution < -0.4 is 11.1 Å². The first kappa shape index (κ1) is 12.6. The molecule has 0 aliphatic carbocycles. The second kappa shape index (κ2) is 4.77. The lowest BCUT2D eigenvalue weighted by Gasteiger charge is -2.28. The molecule has 1 fully saturated rings. The van der Waals surface area contributed by atoms with Gasteiger partial charge in [0.05, 0.1) is 0 Å². The van der Waals surface area contributed by atoms with Crippen LogP contribution in [0.4, 0.5) is 11.8 Å². The van der Waals surface area contributed by atoms with Gasteiger partial charge >= 0.3 is 0 Å². The maximum atomic E-state index is 11.8. The van der Waals surface area contributed by atoms with Crippen LogP contribution in [0, 0.1) is 0 Å². The van der Waals surface area contributed by atoms with E-state index in [1.807, 2.05) is 0 Å². The van der Waals surface area contributed by atoms with Gasteiger partial charge in [0.15, 0.2) is 0 Å². The summed E-state index contributed by atoms with van der Waals surface area (Å²) >= 11 is 5.74. The smallest absolute Gasteiger partial charge is 0.251 e.